The zero-order valence-corrected chi connectivity index (χ0v) is 8.44. The molecule has 0 spiro atoms. The Morgan fingerprint density at radius 2 is 2.00 bits per heavy atom. The van der Waals surface area contributed by atoms with E-state index in [1.165, 1.54) is 0 Å². The van der Waals surface area contributed by atoms with Crippen LogP contribution in [0.4, 0.5) is 0 Å². The van der Waals surface area contributed by atoms with E-state index < -0.39 is 5.97 Å². The molecule has 3 heteroatoms. The topological polar surface area (TPSA) is 57.5 Å². The molecule has 2 rings (SSSR count). The maximum absolute atomic E-state index is 11.0. The van der Waals surface area contributed by atoms with Crippen LogP contribution in [-0.4, -0.2) is 22.8 Å². The van der Waals surface area contributed by atoms with Gasteiger partial charge in [0.2, 0.25) is 0 Å². The van der Waals surface area contributed by atoms with E-state index in [2.05, 4.69) is 0 Å². The SMILES string of the molecule is O=C(O)c1ccccc1C1(CO)CCC1. The average Bonchev–Trinajstić information content (AvgIpc) is 2.17. The fraction of sp³-hybridized carbons (Fsp3) is 0.417. The Labute approximate surface area is 88.4 Å². The van der Waals surface area contributed by atoms with Crippen LogP contribution in [0.5, 0.6) is 0 Å². The lowest BCUT2D eigenvalue weighted by molar-refractivity contribution is 0.0683. The molecule has 3 nitrogen and oxygen atoms in total. The number of benzene rings is 1. The van der Waals surface area contributed by atoms with Crippen LogP contribution >= 0.6 is 0 Å². The molecule has 80 valence electrons. The Bertz CT molecular complexity index is 375. The van der Waals surface area contributed by atoms with Gasteiger partial charge in [0.15, 0.2) is 0 Å². The van der Waals surface area contributed by atoms with Gasteiger partial charge in [-0.3, -0.25) is 0 Å². The molecule has 0 saturated heterocycles. The molecule has 0 unspecified atom stereocenters. The molecule has 0 heterocycles. The molecule has 0 radical (unpaired) electrons. The Hall–Kier alpha value is -1.35. The molecule has 1 aromatic carbocycles. The largest absolute Gasteiger partial charge is 0.478 e. The number of hydrogen-bond donors (Lipinski definition) is 2. The summed E-state index contributed by atoms with van der Waals surface area (Å²) in [6, 6.07) is 6.97. The molecule has 1 fully saturated rings. The summed E-state index contributed by atoms with van der Waals surface area (Å²) < 4.78 is 0. The van der Waals surface area contributed by atoms with E-state index in [9.17, 15) is 9.90 Å². The van der Waals surface area contributed by atoms with Gasteiger partial charge in [0, 0.05) is 5.41 Å². The van der Waals surface area contributed by atoms with Gasteiger partial charge in [0.05, 0.1) is 12.2 Å². The molecule has 0 atom stereocenters. The first-order chi connectivity index (χ1) is 7.19. The maximum Gasteiger partial charge on any atom is 0.335 e. The number of hydrogen-bond acceptors (Lipinski definition) is 2. The van der Waals surface area contributed by atoms with Crippen molar-refractivity contribution in [2.45, 2.75) is 24.7 Å². The highest BCUT2D eigenvalue weighted by molar-refractivity contribution is 5.90. The van der Waals surface area contributed by atoms with Gasteiger partial charge in [-0.2, -0.15) is 0 Å². The lowest BCUT2D eigenvalue weighted by Gasteiger charge is -2.41. The molecule has 0 aliphatic heterocycles. The average molecular weight is 206 g/mol. The standard InChI is InChI=1S/C12H14O3/c13-8-12(6-3-7-12)10-5-2-1-4-9(10)11(14)15/h1-2,4-5,13H,3,6-8H2,(H,14,15). The van der Waals surface area contributed by atoms with Gasteiger partial charge in [-0.1, -0.05) is 24.6 Å². The molecule has 1 aliphatic carbocycles. The number of rotatable bonds is 3. The number of aliphatic hydroxyl groups is 1. The first kappa shape index (κ1) is 10.2. The number of aliphatic hydroxyl groups excluding tert-OH is 1. The van der Waals surface area contributed by atoms with Crippen molar-refractivity contribution in [3.05, 3.63) is 35.4 Å². The van der Waals surface area contributed by atoms with E-state index >= 15 is 0 Å². The van der Waals surface area contributed by atoms with Crippen LogP contribution in [-0.2, 0) is 5.41 Å². The van der Waals surface area contributed by atoms with Gasteiger partial charge in [-0.15, -0.1) is 0 Å². The van der Waals surface area contributed by atoms with Crippen molar-refractivity contribution < 1.29 is 15.0 Å². The van der Waals surface area contributed by atoms with Crippen LogP contribution in [0.2, 0.25) is 0 Å². The van der Waals surface area contributed by atoms with Crippen molar-refractivity contribution in [3.63, 3.8) is 0 Å². The van der Waals surface area contributed by atoms with Crippen LogP contribution in [0.25, 0.3) is 0 Å². The number of carboxylic acid groups (broad SMARTS) is 1. The number of carboxylic acids is 1. The van der Waals surface area contributed by atoms with E-state index in [0.29, 0.717) is 5.56 Å². The summed E-state index contributed by atoms with van der Waals surface area (Å²) in [6.07, 6.45) is 2.83. The van der Waals surface area contributed by atoms with Gasteiger partial charge in [0.25, 0.3) is 0 Å². The molecule has 15 heavy (non-hydrogen) atoms. The van der Waals surface area contributed by atoms with Crippen LogP contribution < -0.4 is 0 Å². The minimum absolute atomic E-state index is 0.0390. The van der Waals surface area contributed by atoms with Crippen LogP contribution in [0, 0.1) is 0 Å². The van der Waals surface area contributed by atoms with Crippen molar-refractivity contribution in [2.24, 2.45) is 0 Å². The van der Waals surface area contributed by atoms with Crippen LogP contribution in [0.3, 0.4) is 0 Å². The lowest BCUT2D eigenvalue weighted by Crippen LogP contribution is -2.39. The minimum atomic E-state index is -0.912. The third-order valence-electron chi connectivity index (χ3n) is 3.34. The molecule has 1 aromatic rings. The van der Waals surface area contributed by atoms with Gasteiger partial charge in [-0.05, 0) is 24.5 Å². The fourth-order valence-corrected chi connectivity index (χ4v) is 2.25. The quantitative estimate of drug-likeness (QED) is 0.792. The number of carbonyl (C=O) groups is 1. The molecule has 0 amide bonds. The van der Waals surface area contributed by atoms with Crippen molar-refractivity contribution in [1.29, 1.82) is 0 Å². The molecule has 1 saturated carbocycles. The predicted molar refractivity (Wildman–Crippen MR) is 56.0 cm³/mol. The molecular weight excluding hydrogens is 192 g/mol. The normalized spacial score (nSPS) is 18.2. The highest BCUT2D eigenvalue weighted by atomic mass is 16.4. The Balaban J connectivity index is 2.46. The Kier molecular flexibility index (Phi) is 2.49. The highest BCUT2D eigenvalue weighted by Crippen LogP contribution is 2.44. The smallest absolute Gasteiger partial charge is 0.335 e. The second-order valence-electron chi connectivity index (χ2n) is 4.14. The first-order valence-electron chi connectivity index (χ1n) is 5.13. The van der Waals surface area contributed by atoms with Crippen molar-refractivity contribution in [1.82, 2.24) is 0 Å². The van der Waals surface area contributed by atoms with Gasteiger partial charge in [0.1, 0.15) is 0 Å². The molecular formula is C12H14O3. The minimum Gasteiger partial charge on any atom is -0.478 e. The maximum atomic E-state index is 11.0. The summed E-state index contributed by atoms with van der Waals surface area (Å²) in [4.78, 5) is 11.0. The van der Waals surface area contributed by atoms with E-state index in [1.54, 1.807) is 12.1 Å². The zero-order chi connectivity index (χ0) is 10.9. The molecule has 1 aliphatic rings. The molecule has 0 aromatic heterocycles. The summed E-state index contributed by atoms with van der Waals surface area (Å²) in [5, 5.41) is 18.5. The van der Waals surface area contributed by atoms with Crippen LogP contribution in [0.1, 0.15) is 35.2 Å². The summed E-state index contributed by atoms with van der Waals surface area (Å²) in [6.45, 7) is 0.0390. The fourth-order valence-electron chi connectivity index (χ4n) is 2.25. The predicted octanol–water partition coefficient (Wildman–Crippen LogP) is 1.80. The van der Waals surface area contributed by atoms with Gasteiger partial charge in [-0.25, -0.2) is 4.79 Å². The summed E-state index contributed by atoms with van der Waals surface area (Å²) in [7, 11) is 0. The monoisotopic (exact) mass is 206 g/mol. The zero-order valence-electron chi connectivity index (χ0n) is 8.44. The number of aromatic carboxylic acids is 1. The van der Waals surface area contributed by atoms with E-state index in [1.807, 2.05) is 12.1 Å². The molecule has 2 N–H and O–H groups in total. The third kappa shape index (κ3) is 1.53. The third-order valence-corrected chi connectivity index (χ3v) is 3.34. The summed E-state index contributed by atoms with van der Waals surface area (Å²) in [5.41, 5.74) is 0.812. The van der Waals surface area contributed by atoms with E-state index in [4.69, 9.17) is 5.11 Å². The highest BCUT2D eigenvalue weighted by Gasteiger charge is 2.40. The molecule has 0 bridgehead atoms. The van der Waals surface area contributed by atoms with Crippen LogP contribution in [0.15, 0.2) is 24.3 Å². The first-order valence-corrected chi connectivity index (χ1v) is 5.13. The van der Waals surface area contributed by atoms with E-state index in [-0.39, 0.29) is 12.0 Å². The van der Waals surface area contributed by atoms with Gasteiger partial charge < -0.3 is 10.2 Å². The second kappa shape index (κ2) is 3.66. The Morgan fingerprint density at radius 3 is 2.47 bits per heavy atom. The second-order valence-corrected chi connectivity index (χ2v) is 4.14. The summed E-state index contributed by atoms with van der Waals surface area (Å²) >= 11 is 0. The summed E-state index contributed by atoms with van der Waals surface area (Å²) in [5.74, 6) is -0.912. The van der Waals surface area contributed by atoms with Crippen molar-refractivity contribution >= 4 is 5.97 Å². The van der Waals surface area contributed by atoms with Crippen molar-refractivity contribution in [3.8, 4) is 0 Å². The van der Waals surface area contributed by atoms with Gasteiger partial charge >= 0.3 is 5.97 Å². The Morgan fingerprint density at radius 1 is 1.33 bits per heavy atom. The van der Waals surface area contributed by atoms with Crippen molar-refractivity contribution in [2.75, 3.05) is 6.61 Å². The van der Waals surface area contributed by atoms with E-state index in [0.717, 1.165) is 24.8 Å². The lowest BCUT2D eigenvalue weighted by atomic mass is 9.64.